The fourth-order valence-electron chi connectivity index (χ4n) is 5.36. The highest BCUT2D eigenvalue weighted by molar-refractivity contribution is 6.33. The number of piperazine rings is 1. The highest BCUT2D eigenvalue weighted by atomic mass is 35.5. The van der Waals surface area contributed by atoms with Crippen molar-refractivity contribution in [3.63, 3.8) is 0 Å². The molecule has 4 heterocycles. The van der Waals surface area contributed by atoms with Crippen molar-refractivity contribution in [3.05, 3.63) is 82.6 Å². The zero-order chi connectivity index (χ0) is 25.0. The highest BCUT2D eigenvalue weighted by Crippen LogP contribution is 2.33. The summed E-state index contributed by atoms with van der Waals surface area (Å²) in [4.78, 5) is 24.7. The fourth-order valence-corrected chi connectivity index (χ4v) is 5.66. The van der Waals surface area contributed by atoms with Crippen molar-refractivity contribution in [2.75, 3.05) is 18.0 Å². The van der Waals surface area contributed by atoms with Crippen LogP contribution in [0.3, 0.4) is 0 Å². The molecule has 2 aromatic carbocycles. The Morgan fingerprint density at radius 1 is 1.00 bits per heavy atom. The quantitative estimate of drug-likeness (QED) is 0.388. The van der Waals surface area contributed by atoms with Crippen molar-refractivity contribution in [2.45, 2.75) is 25.9 Å². The molecule has 0 saturated carbocycles. The lowest BCUT2D eigenvalue weighted by molar-refractivity contribution is 0.407. The second kappa shape index (κ2) is 8.76. The first-order valence-corrected chi connectivity index (χ1v) is 12.5. The van der Waals surface area contributed by atoms with Crippen molar-refractivity contribution in [2.24, 2.45) is 7.05 Å². The molecule has 3 aromatic heterocycles. The Morgan fingerprint density at radius 2 is 1.81 bits per heavy atom. The number of nitrogens with one attached hydrogen (secondary N) is 1. The number of benzene rings is 2. The van der Waals surface area contributed by atoms with Crippen LogP contribution in [0.15, 0.2) is 71.9 Å². The number of halogens is 1. The molecule has 1 aliphatic rings. The summed E-state index contributed by atoms with van der Waals surface area (Å²) in [7, 11) is 1.78. The largest absolute Gasteiger partial charge is 0.367 e. The van der Waals surface area contributed by atoms with Crippen molar-refractivity contribution in [3.8, 4) is 16.8 Å². The van der Waals surface area contributed by atoms with Crippen LogP contribution in [-0.2, 0) is 7.05 Å². The van der Waals surface area contributed by atoms with Gasteiger partial charge in [-0.15, -0.1) is 0 Å². The number of imidazole rings is 1. The third-order valence-electron chi connectivity index (χ3n) is 6.97. The number of pyridine rings is 2. The van der Waals surface area contributed by atoms with Gasteiger partial charge in [0.25, 0.3) is 0 Å². The van der Waals surface area contributed by atoms with E-state index in [1.54, 1.807) is 28.6 Å². The number of aromatic nitrogens is 4. The van der Waals surface area contributed by atoms with E-state index in [0.717, 1.165) is 57.5 Å². The Balaban J connectivity index is 1.53. The molecule has 1 N–H and O–H groups in total. The van der Waals surface area contributed by atoms with Gasteiger partial charge in [0, 0.05) is 55.6 Å². The maximum absolute atomic E-state index is 13.5. The summed E-state index contributed by atoms with van der Waals surface area (Å²) in [5.74, 6) is 0. The molecule has 2 atom stereocenters. The monoisotopic (exact) mass is 498 g/mol. The predicted octanol–water partition coefficient (Wildman–Crippen LogP) is 4.78. The van der Waals surface area contributed by atoms with Crippen LogP contribution in [0.5, 0.6) is 0 Å². The number of nitrogens with zero attached hydrogens (tertiary/aromatic N) is 5. The average molecular weight is 499 g/mol. The molecule has 1 aliphatic heterocycles. The molecule has 7 nitrogen and oxygen atoms in total. The maximum atomic E-state index is 13.5. The van der Waals surface area contributed by atoms with E-state index in [-0.39, 0.29) is 5.69 Å². The zero-order valence-corrected chi connectivity index (χ0v) is 21.2. The van der Waals surface area contributed by atoms with Gasteiger partial charge >= 0.3 is 5.69 Å². The second-order valence-corrected chi connectivity index (χ2v) is 10.1. The van der Waals surface area contributed by atoms with Crippen molar-refractivity contribution in [1.29, 1.82) is 0 Å². The third-order valence-corrected chi connectivity index (χ3v) is 7.27. The van der Waals surface area contributed by atoms with E-state index in [2.05, 4.69) is 40.1 Å². The van der Waals surface area contributed by atoms with Gasteiger partial charge in [0.2, 0.25) is 0 Å². The zero-order valence-electron chi connectivity index (χ0n) is 20.4. The predicted molar refractivity (Wildman–Crippen MR) is 146 cm³/mol. The van der Waals surface area contributed by atoms with Crippen LogP contribution in [0.4, 0.5) is 5.69 Å². The molecule has 0 aliphatic carbocycles. The first kappa shape index (κ1) is 22.8. The summed E-state index contributed by atoms with van der Waals surface area (Å²) in [6.45, 7) is 6.12. The summed E-state index contributed by atoms with van der Waals surface area (Å²) in [5, 5.41) is 5.09. The van der Waals surface area contributed by atoms with E-state index >= 15 is 0 Å². The minimum absolute atomic E-state index is 0.140. The Labute approximate surface area is 214 Å². The van der Waals surface area contributed by atoms with Gasteiger partial charge in [-0.05, 0) is 55.8 Å². The lowest BCUT2D eigenvalue weighted by atomic mass is 10.0. The molecule has 6 rings (SSSR count). The molecule has 8 heteroatoms. The SMILES string of the molecule is C[C@@H]1CN(c2ccc(-n3c(=O)n(C)c4cnc5ccc(-c6cccnc6)cc5c43)cc2Cl)C[C@H](C)N1. The molecule has 0 unspecified atom stereocenters. The molecule has 1 saturated heterocycles. The van der Waals surface area contributed by atoms with Crippen LogP contribution in [0.25, 0.3) is 38.8 Å². The van der Waals surface area contributed by atoms with Crippen molar-refractivity contribution in [1.82, 2.24) is 24.4 Å². The lowest BCUT2D eigenvalue weighted by Gasteiger charge is -2.38. The molecule has 0 bridgehead atoms. The van der Waals surface area contributed by atoms with Crippen LogP contribution in [-0.4, -0.2) is 44.3 Å². The van der Waals surface area contributed by atoms with Gasteiger partial charge in [-0.1, -0.05) is 23.7 Å². The number of hydrogen-bond acceptors (Lipinski definition) is 5. The Bertz CT molecular complexity index is 1650. The van der Waals surface area contributed by atoms with Gasteiger partial charge < -0.3 is 10.2 Å². The molecule has 0 spiro atoms. The fraction of sp³-hybridized carbons (Fsp3) is 0.250. The van der Waals surface area contributed by atoms with E-state index in [0.29, 0.717) is 17.1 Å². The topological polar surface area (TPSA) is 68.0 Å². The van der Waals surface area contributed by atoms with Crippen LogP contribution >= 0.6 is 11.6 Å². The first-order valence-electron chi connectivity index (χ1n) is 12.1. The maximum Gasteiger partial charge on any atom is 0.333 e. The Hall–Kier alpha value is -3.68. The standard InChI is InChI=1S/C28H27ClN6O/c1-17-15-34(16-18(2)32-17)25-9-7-21(12-23(25)29)35-27-22-11-19(20-5-4-10-30-13-20)6-8-24(22)31-14-26(27)33(3)28(35)36/h4-14,17-18,32H,15-16H2,1-3H3/t17-,18+. The smallest absolute Gasteiger partial charge is 0.333 e. The summed E-state index contributed by atoms with van der Waals surface area (Å²) in [6, 6.07) is 16.7. The molecule has 36 heavy (non-hydrogen) atoms. The molecular weight excluding hydrogens is 472 g/mol. The first-order chi connectivity index (χ1) is 17.4. The van der Waals surface area contributed by atoms with Crippen LogP contribution in [0, 0.1) is 0 Å². The number of hydrogen-bond donors (Lipinski definition) is 1. The van der Waals surface area contributed by atoms with Gasteiger partial charge in [0.1, 0.15) is 0 Å². The van der Waals surface area contributed by atoms with E-state index in [4.69, 9.17) is 11.6 Å². The Morgan fingerprint density at radius 3 is 2.53 bits per heavy atom. The van der Waals surface area contributed by atoms with Gasteiger partial charge in [-0.3, -0.25) is 19.1 Å². The molecule has 0 amide bonds. The molecular formula is C28H27ClN6O. The number of anilines is 1. The van der Waals surface area contributed by atoms with Crippen molar-refractivity contribution >= 4 is 39.2 Å². The third kappa shape index (κ3) is 3.75. The minimum atomic E-state index is -0.140. The van der Waals surface area contributed by atoms with Crippen molar-refractivity contribution < 1.29 is 0 Å². The second-order valence-electron chi connectivity index (χ2n) is 9.65. The van der Waals surface area contributed by atoms with Gasteiger partial charge in [0.05, 0.1) is 39.1 Å². The van der Waals surface area contributed by atoms with E-state index in [1.165, 1.54) is 0 Å². The molecule has 1 fully saturated rings. The number of fused-ring (bicyclic) bond motifs is 3. The van der Waals surface area contributed by atoms with Crippen LogP contribution in [0.2, 0.25) is 5.02 Å². The summed E-state index contributed by atoms with van der Waals surface area (Å²) in [6.07, 6.45) is 5.36. The number of rotatable bonds is 3. The summed E-state index contributed by atoms with van der Waals surface area (Å²) in [5.41, 5.74) is 6.00. The average Bonchev–Trinajstić information content (AvgIpc) is 3.13. The number of aryl methyl sites for hydroxylation is 1. The summed E-state index contributed by atoms with van der Waals surface area (Å²) < 4.78 is 3.38. The molecule has 182 valence electrons. The summed E-state index contributed by atoms with van der Waals surface area (Å²) >= 11 is 6.84. The van der Waals surface area contributed by atoms with Gasteiger partial charge in [-0.2, -0.15) is 0 Å². The van der Waals surface area contributed by atoms with Gasteiger partial charge in [-0.25, -0.2) is 4.79 Å². The van der Waals surface area contributed by atoms with E-state index in [1.807, 2.05) is 48.7 Å². The Kier molecular flexibility index (Phi) is 5.54. The van der Waals surface area contributed by atoms with Gasteiger partial charge in [0.15, 0.2) is 0 Å². The molecule has 5 aromatic rings. The van der Waals surface area contributed by atoms with E-state index < -0.39 is 0 Å². The van der Waals surface area contributed by atoms with Crippen LogP contribution in [0.1, 0.15) is 13.8 Å². The lowest BCUT2D eigenvalue weighted by Crippen LogP contribution is -2.54. The van der Waals surface area contributed by atoms with E-state index in [9.17, 15) is 4.79 Å². The normalized spacial score (nSPS) is 18.3. The minimum Gasteiger partial charge on any atom is -0.367 e. The molecule has 0 radical (unpaired) electrons. The van der Waals surface area contributed by atoms with Crippen LogP contribution < -0.4 is 15.9 Å². The highest BCUT2D eigenvalue weighted by Gasteiger charge is 2.23.